The van der Waals surface area contributed by atoms with Crippen LogP contribution in [0.2, 0.25) is 0 Å². The molecule has 0 saturated carbocycles. The molecule has 1 aliphatic heterocycles. The van der Waals surface area contributed by atoms with E-state index in [4.69, 9.17) is 9.15 Å². The number of nitrogens with zero attached hydrogens (tertiary/aromatic N) is 1. The van der Waals surface area contributed by atoms with E-state index in [2.05, 4.69) is 0 Å². The summed E-state index contributed by atoms with van der Waals surface area (Å²) in [6, 6.07) is 9.06. The fourth-order valence-corrected chi connectivity index (χ4v) is 3.40. The maximum Gasteiger partial charge on any atom is 0.254 e. The molecule has 3 rings (SSSR count). The van der Waals surface area contributed by atoms with E-state index in [0.29, 0.717) is 24.3 Å². The first kappa shape index (κ1) is 17.4. The number of ketones is 1. The smallest absolute Gasteiger partial charge is 0.254 e. The van der Waals surface area contributed by atoms with Crippen LogP contribution >= 0.6 is 0 Å². The van der Waals surface area contributed by atoms with E-state index in [9.17, 15) is 9.59 Å². The van der Waals surface area contributed by atoms with E-state index in [0.717, 1.165) is 29.9 Å². The van der Waals surface area contributed by atoms with Crippen molar-refractivity contribution in [2.45, 2.75) is 39.3 Å². The van der Waals surface area contributed by atoms with Crippen LogP contribution in [-0.2, 0) is 11.3 Å². The molecule has 132 valence electrons. The lowest BCUT2D eigenvalue weighted by atomic mass is 10.0. The molecule has 0 unspecified atom stereocenters. The third-order valence-corrected chi connectivity index (χ3v) is 4.67. The average Bonchev–Trinajstić information content (AvgIpc) is 3.23. The highest BCUT2D eigenvalue weighted by molar-refractivity contribution is 6.00. The Kier molecular flexibility index (Phi) is 5.04. The third kappa shape index (κ3) is 3.51. The van der Waals surface area contributed by atoms with E-state index >= 15 is 0 Å². The molecule has 1 fully saturated rings. The Morgan fingerprint density at radius 3 is 2.80 bits per heavy atom. The molecule has 1 aromatic carbocycles. The van der Waals surface area contributed by atoms with Crippen LogP contribution in [0.25, 0.3) is 0 Å². The zero-order chi connectivity index (χ0) is 18.0. The molecule has 5 nitrogen and oxygen atoms in total. The van der Waals surface area contributed by atoms with Crippen LogP contribution in [0.1, 0.15) is 63.6 Å². The van der Waals surface area contributed by atoms with E-state index in [-0.39, 0.29) is 17.7 Å². The lowest BCUT2D eigenvalue weighted by Gasteiger charge is -2.23. The van der Waals surface area contributed by atoms with Crippen LogP contribution in [0.15, 0.2) is 34.7 Å². The summed E-state index contributed by atoms with van der Waals surface area (Å²) in [6.07, 6.45) is 1.80. The van der Waals surface area contributed by atoms with E-state index in [1.165, 1.54) is 6.92 Å². The minimum absolute atomic E-state index is 0.0274. The fraction of sp³-hybridized carbons (Fsp3) is 0.400. The van der Waals surface area contributed by atoms with Crippen LogP contribution < -0.4 is 0 Å². The number of carbonyl (C=O) groups excluding carboxylic acids is 2. The average molecular weight is 341 g/mol. The summed E-state index contributed by atoms with van der Waals surface area (Å²) in [6.45, 7) is 4.51. The number of furan rings is 1. The first-order valence-electron chi connectivity index (χ1n) is 8.51. The molecule has 1 saturated heterocycles. The van der Waals surface area contributed by atoms with Crippen molar-refractivity contribution in [2.75, 3.05) is 13.7 Å². The van der Waals surface area contributed by atoms with Gasteiger partial charge >= 0.3 is 0 Å². The second-order valence-corrected chi connectivity index (χ2v) is 6.48. The van der Waals surface area contributed by atoms with E-state index in [1.54, 1.807) is 19.2 Å². The molecule has 2 heterocycles. The van der Waals surface area contributed by atoms with E-state index < -0.39 is 0 Å². The zero-order valence-electron chi connectivity index (χ0n) is 14.9. The Hall–Kier alpha value is -2.40. The summed E-state index contributed by atoms with van der Waals surface area (Å²) in [5, 5.41) is 0. The highest BCUT2D eigenvalue weighted by Crippen LogP contribution is 2.34. The Balaban J connectivity index is 1.85. The van der Waals surface area contributed by atoms with Gasteiger partial charge in [0.1, 0.15) is 18.1 Å². The first-order valence-corrected chi connectivity index (χ1v) is 8.51. The molecule has 25 heavy (non-hydrogen) atoms. The van der Waals surface area contributed by atoms with Gasteiger partial charge in [-0.3, -0.25) is 9.59 Å². The molecule has 0 radical (unpaired) electrons. The van der Waals surface area contributed by atoms with Crippen LogP contribution in [-0.4, -0.2) is 30.2 Å². The van der Waals surface area contributed by atoms with Gasteiger partial charge in [-0.15, -0.1) is 0 Å². The molecular formula is C20H23NO4. The Morgan fingerprint density at radius 2 is 2.08 bits per heavy atom. The van der Waals surface area contributed by atoms with Gasteiger partial charge < -0.3 is 14.1 Å². The number of rotatable bonds is 5. The number of hydrogen-bond acceptors (Lipinski definition) is 4. The molecule has 0 spiro atoms. The monoisotopic (exact) mass is 341 g/mol. The van der Waals surface area contributed by atoms with Gasteiger partial charge in [-0.2, -0.15) is 0 Å². The predicted molar refractivity (Wildman–Crippen MR) is 93.6 cm³/mol. The Labute approximate surface area is 147 Å². The standard InChI is InChI=1S/C20H23NO4/c1-13-6-7-15(11-17(13)14(2)22)20(23)21-10-4-5-18(21)19-9-8-16(25-19)12-24-3/h6-9,11,18H,4-5,10,12H2,1-3H3/t18-/m0/s1. The second kappa shape index (κ2) is 7.23. The van der Waals surface area contributed by atoms with Crippen molar-refractivity contribution in [3.05, 3.63) is 58.5 Å². The van der Waals surface area contributed by atoms with Gasteiger partial charge in [0.05, 0.1) is 6.04 Å². The number of Topliss-reactive ketones (excluding diaryl/α,β-unsaturated/α-hetero) is 1. The number of ether oxygens (including phenoxy) is 1. The molecule has 5 heteroatoms. The minimum Gasteiger partial charge on any atom is -0.461 e. The van der Waals surface area contributed by atoms with Gasteiger partial charge in [0.25, 0.3) is 5.91 Å². The number of likely N-dealkylation sites (tertiary alicyclic amines) is 1. The lowest BCUT2D eigenvalue weighted by Crippen LogP contribution is -2.30. The van der Waals surface area contributed by atoms with Crippen molar-refractivity contribution < 1.29 is 18.7 Å². The summed E-state index contributed by atoms with van der Waals surface area (Å²) in [5.41, 5.74) is 2.03. The van der Waals surface area contributed by atoms with Crippen LogP contribution in [0.4, 0.5) is 0 Å². The molecule has 1 atom stereocenters. The van der Waals surface area contributed by atoms with Gasteiger partial charge in [-0.25, -0.2) is 0 Å². The third-order valence-electron chi connectivity index (χ3n) is 4.67. The SMILES string of the molecule is COCc1ccc([C@@H]2CCCN2C(=O)c2ccc(C)c(C(C)=O)c2)o1. The van der Waals surface area contributed by atoms with Gasteiger partial charge in [-0.05, 0) is 56.5 Å². The normalized spacial score (nSPS) is 17.1. The zero-order valence-corrected chi connectivity index (χ0v) is 14.9. The van der Waals surface area contributed by atoms with Crippen molar-refractivity contribution in [3.8, 4) is 0 Å². The minimum atomic E-state index is -0.0693. The molecule has 1 aromatic heterocycles. The maximum absolute atomic E-state index is 13.0. The molecule has 1 amide bonds. The molecule has 2 aromatic rings. The summed E-state index contributed by atoms with van der Waals surface area (Å²) in [5.74, 6) is 1.46. The summed E-state index contributed by atoms with van der Waals surface area (Å²) in [7, 11) is 1.62. The quantitative estimate of drug-likeness (QED) is 0.774. The fourth-order valence-electron chi connectivity index (χ4n) is 3.40. The summed E-state index contributed by atoms with van der Waals surface area (Å²) >= 11 is 0. The Morgan fingerprint density at radius 1 is 1.28 bits per heavy atom. The summed E-state index contributed by atoms with van der Waals surface area (Å²) < 4.78 is 10.9. The van der Waals surface area contributed by atoms with Crippen molar-refractivity contribution in [1.82, 2.24) is 4.90 Å². The molecular weight excluding hydrogens is 318 g/mol. The Bertz CT molecular complexity index is 793. The second-order valence-electron chi connectivity index (χ2n) is 6.48. The molecule has 1 aliphatic rings. The van der Waals surface area contributed by atoms with Crippen LogP contribution in [0.3, 0.4) is 0 Å². The highest BCUT2D eigenvalue weighted by atomic mass is 16.5. The topological polar surface area (TPSA) is 59.8 Å². The molecule has 0 aliphatic carbocycles. The van der Waals surface area contributed by atoms with Crippen molar-refractivity contribution in [3.63, 3.8) is 0 Å². The number of amides is 1. The van der Waals surface area contributed by atoms with Crippen LogP contribution in [0, 0.1) is 6.92 Å². The molecule has 0 bridgehead atoms. The lowest BCUT2D eigenvalue weighted by molar-refractivity contribution is 0.0716. The number of hydrogen-bond donors (Lipinski definition) is 0. The number of methoxy groups -OCH3 is 1. The van der Waals surface area contributed by atoms with Gasteiger partial charge in [-0.1, -0.05) is 6.07 Å². The van der Waals surface area contributed by atoms with Crippen molar-refractivity contribution >= 4 is 11.7 Å². The van der Waals surface area contributed by atoms with Gasteiger partial charge in [0.15, 0.2) is 5.78 Å². The van der Waals surface area contributed by atoms with E-state index in [1.807, 2.05) is 30.0 Å². The first-order chi connectivity index (χ1) is 12.0. The van der Waals surface area contributed by atoms with Crippen LogP contribution in [0.5, 0.6) is 0 Å². The van der Waals surface area contributed by atoms with Crippen molar-refractivity contribution in [1.29, 1.82) is 0 Å². The molecule has 0 N–H and O–H groups in total. The number of benzene rings is 1. The summed E-state index contributed by atoms with van der Waals surface area (Å²) in [4.78, 5) is 26.6. The van der Waals surface area contributed by atoms with Gasteiger partial charge in [0, 0.05) is 24.8 Å². The number of carbonyl (C=O) groups is 2. The van der Waals surface area contributed by atoms with Gasteiger partial charge in [0.2, 0.25) is 0 Å². The largest absolute Gasteiger partial charge is 0.461 e. The maximum atomic E-state index is 13.0. The highest BCUT2D eigenvalue weighted by Gasteiger charge is 2.33. The number of aryl methyl sites for hydroxylation is 1. The van der Waals surface area contributed by atoms with Crippen molar-refractivity contribution in [2.24, 2.45) is 0 Å². The predicted octanol–water partition coefficient (Wildman–Crippen LogP) is 3.91.